The molecule has 0 fully saturated rings. The van der Waals surface area contributed by atoms with Crippen molar-refractivity contribution in [2.24, 2.45) is 0 Å². The molecule has 0 amide bonds. The lowest BCUT2D eigenvalue weighted by molar-refractivity contribution is -0.384. The molecule has 0 aliphatic heterocycles. The highest BCUT2D eigenvalue weighted by Gasteiger charge is 2.12. The largest absolute Gasteiger partial charge is 0.496 e. The van der Waals surface area contributed by atoms with Crippen molar-refractivity contribution < 1.29 is 14.4 Å². The van der Waals surface area contributed by atoms with Gasteiger partial charge in [-0.25, -0.2) is 4.98 Å². The lowest BCUT2D eigenvalue weighted by Gasteiger charge is -2.14. The number of hydrogen-bond donors (Lipinski definition) is 2. The molecule has 0 saturated heterocycles. The van der Waals surface area contributed by atoms with E-state index in [0.717, 1.165) is 17.1 Å². The summed E-state index contributed by atoms with van der Waals surface area (Å²) in [7, 11) is 3.25. The molecule has 3 aromatic rings. The summed E-state index contributed by atoms with van der Waals surface area (Å²) in [5, 5.41) is 20.0. The fourth-order valence-corrected chi connectivity index (χ4v) is 3.85. The minimum absolute atomic E-state index is 0.0268. The zero-order valence-electron chi connectivity index (χ0n) is 16.4. The molecule has 8 nitrogen and oxygen atoms in total. The SMILES string of the molecule is COc1cccc(OC)c1CCNC(=S)Nc1nc(-c2cccc([N+](=O)[O-])c2)cs1. The van der Waals surface area contributed by atoms with E-state index in [9.17, 15) is 10.1 Å². The molecular weight excluding hydrogens is 424 g/mol. The van der Waals surface area contributed by atoms with Crippen LogP contribution in [0.15, 0.2) is 47.8 Å². The van der Waals surface area contributed by atoms with E-state index in [-0.39, 0.29) is 5.69 Å². The van der Waals surface area contributed by atoms with Crippen molar-refractivity contribution in [1.29, 1.82) is 0 Å². The molecule has 30 heavy (non-hydrogen) atoms. The van der Waals surface area contributed by atoms with Crippen LogP contribution in [0.4, 0.5) is 10.8 Å². The van der Waals surface area contributed by atoms with E-state index < -0.39 is 4.92 Å². The molecule has 0 atom stereocenters. The van der Waals surface area contributed by atoms with Crippen LogP contribution >= 0.6 is 23.6 Å². The highest BCUT2D eigenvalue weighted by Crippen LogP contribution is 2.29. The number of thiazole rings is 1. The van der Waals surface area contributed by atoms with Crippen LogP contribution in [0.5, 0.6) is 11.5 Å². The first-order valence-electron chi connectivity index (χ1n) is 8.97. The summed E-state index contributed by atoms with van der Waals surface area (Å²) in [6.45, 7) is 0.575. The fourth-order valence-electron chi connectivity index (χ4n) is 2.86. The third kappa shape index (κ3) is 5.22. The summed E-state index contributed by atoms with van der Waals surface area (Å²) < 4.78 is 10.8. The fraction of sp³-hybridized carbons (Fsp3) is 0.200. The van der Waals surface area contributed by atoms with Gasteiger partial charge in [0.05, 0.1) is 24.8 Å². The van der Waals surface area contributed by atoms with Gasteiger partial charge in [-0.15, -0.1) is 11.3 Å². The van der Waals surface area contributed by atoms with Crippen LogP contribution in [0.3, 0.4) is 0 Å². The van der Waals surface area contributed by atoms with Crippen LogP contribution in [-0.4, -0.2) is 35.8 Å². The van der Waals surface area contributed by atoms with Gasteiger partial charge in [0, 0.05) is 35.2 Å². The number of nitro benzene ring substituents is 1. The second kappa shape index (κ2) is 9.99. The molecule has 0 aliphatic carbocycles. The molecule has 156 valence electrons. The Labute approximate surface area is 183 Å². The quantitative estimate of drug-likeness (QED) is 0.302. The van der Waals surface area contributed by atoms with Crippen LogP contribution in [0.1, 0.15) is 5.56 Å². The van der Waals surface area contributed by atoms with E-state index >= 15 is 0 Å². The maximum absolute atomic E-state index is 11.0. The zero-order chi connectivity index (χ0) is 21.5. The summed E-state index contributed by atoms with van der Waals surface area (Å²) in [5.41, 5.74) is 2.31. The summed E-state index contributed by atoms with van der Waals surface area (Å²) in [5.74, 6) is 1.52. The van der Waals surface area contributed by atoms with Crippen molar-refractivity contribution in [3.05, 3.63) is 63.5 Å². The highest BCUT2D eigenvalue weighted by atomic mass is 32.1. The Balaban J connectivity index is 1.58. The average Bonchev–Trinajstić information content (AvgIpc) is 3.22. The Morgan fingerprint density at radius 1 is 1.20 bits per heavy atom. The van der Waals surface area contributed by atoms with E-state index in [1.807, 2.05) is 23.6 Å². The Morgan fingerprint density at radius 3 is 2.57 bits per heavy atom. The van der Waals surface area contributed by atoms with Gasteiger partial charge < -0.3 is 20.1 Å². The van der Waals surface area contributed by atoms with Crippen molar-refractivity contribution >= 4 is 39.5 Å². The van der Waals surface area contributed by atoms with E-state index in [0.29, 0.717) is 34.5 Å². The number of non-ortho nitro benzene ring substituents is 1. The number of aromatic nitrogens is 1. The number of nitrogens with one attached hydrogen (secondary N) is 2. The van der Waals surface area contributed by atoms with Gasteiger partial charge >= 0.3 is 0 Å². The molecule has 1 heterocycles. The van der Waals surface area contributed by atoms with Gasteiger partial charge in [-0.05, 0) is 30.8 Å². The maximum atomic E-state index is 11.0. The van der Waals surface area contributed by atoms with Crippen LogP contribution in [-0.2, 0) is 6.42 Å². The molecule has 1 aromatic heterocycles. The topological polar surface area (TPSA) is 98.6 Å². The number of nitrogens with zero attached hydrogens (tertiary/aromatic N) is 2. The molecule has 0 aliphatic rings. The van der Waals surface area contributed by atoms with Crippen molar-refractivity contribution in [3.8, 4) is 22.8 Å². The predicted octanol–water partition coefficient (Wildman–Crippen LogP) is 4.26. The summed E-state index contributed by atoms with van der Waals surface area (Å²) in [6.07, 6.45) is 0.659. The molecule has 10 heteroatoms. The first-order chi connectivity index (χ1) is 14.5. The minimum atomic E-state index is -0.426. The van der Waals surface area contributed by atoms with Crippen molar-refractivity contribution in [2.75, 3.05) is 26.1 Å². The van der Waals surface area contributed by atoms with Gasteiger partial charge in [-0.2, -0.15) is 0 Å². The maximum Gasteiger partial charge on any atom is 0.270 e. The van der Waals surface area contributed by atoms with Gasteiger partial charge in [-0.3, -0.25) is 10.1 Å². The number of anilines is 1. The number of ether oxygens (including phenoxy) is 2. The number of nitro groups is 1. The molecule has 0 saturated carbocycles. The molecule has 3 rings (SSSR count). The lowest BCUT2D eigenvalue weighted by atomic mass is 10.1. The Hall–Kier alpha value is -3.24. The smallest absolute Gasteiger partial charge is 0.270 e. The minimum Gasteiger partial charge on any atom is -0.496 e. The number of thiocarbonyl (C=S) groups is 1. The molecule has 2 N–H and O–H groups in total. The Bertz CT molecular complexity index is 1030. The van der Waals surface area contributed by atoms with Gasteiger partial charge in [0.1, 0.15) is 11.5 Å². The van der Waals surface area contributed by atoms with Gasteiger partial charge in [0.15, 0.2) is 10.2 Å². The van der Waals surface area contributed by atoms with Crippen LogP contribution in [0.2, 0.25) is 0 Å². The lowest BCUT2D eigenvalue weighted by Crippen LogP contribution is -2.30. The normalized spacial score (nSPS) is 10.3. The summed E-state index contributed by atoms with van der Waals surface area (Å²) >= 11 is 6.72. The van der Waals surface area contributed by atoms with E-state index in [1.54, 1.807) is 26.4 Å². The molecule has 0 radical (unpaired) electrons. The first-order valence-corrected chi connectivity index (χ1v) is 10.3. The van der Waals surface area contributed by atoms with Crippen molar-refractivity contribution in [1.82, 2.24) is 10.3 Å². The molecule has 0 spiro atoms. The van der Waals surface area contributed by atoms with Crippen LogP contribution < -0.4 is 20.1 Å². The highest BCUT2D eigenvalue weighted by molar-refractivity contribution is 7.80. The second-order valence-electron chi connectivity index (χ2n) is 6.12. The van der Waals surface area contributed by atoms with E-state index in [1.165, 1.54) is 23.5 Å². The van der Waals surface area contributed by atoms with Crippen molar-refractivity contribution in [2.45, 2.75) is 6.42 Å². The van der Waals surface area contributed by atoms with Gasteiger partial charge in [0.2, 0.25) is 0 Å². The third-order valence-electron chi connectivity index (χ3n) is 4.27. The Morgan fingerprint density at radius 2 is 1.90 bits per heavy atom. The number of methoxy groups -OCH3 is 2. The monoisotopic (exact) mass is 444 g/mol. The second-order valence-corrected chi connectivity index (χ2v) is 7.38. The van der Waals surface area contributed by atoms with Crippen molar-refractivity contribution in [3.63, 3.8) is 0 Å². The van der Waals surface area contributed by atoms with Gasteiger partial charge in [0.25, 0.3) is 5.69 Å². The predicted molar refractivity (Wildman–Crippen MR) is 122 cm³/mol. The molecule has 2 aromatic carbocycles. The average molecular weight is 445 g/mol. The molecule has 0 bridgehead atoms. The third-order valence-corrected chi connectivity index (χ3v) is 5.27. The zero-order valence-corrected chi connectivity index (χ0v) is 18.0. The summed E-state index contributed by atoms with van der Waals surface area (Å²) in [6, 6.07) is 12.0. The van der Waals surface area contributed by atoms with Crippen LogP contribution in [0, 0.1) is 10.1 Å². The molecule has 0 unspecified atom stereocenters. The Kier molecular flexibility index (Phi) is 7.15. The first kappa shape index (κ1) is 21.5. The number of benzene rings is 2. The number of hydrogen-bond acceptors (Lipinski definition) is 7. The van der Waals surface area contributed by atoms with E-state index in [4.69, 9.17) is 21.7 Å². The number of rotatable bonds is 8. The van der Waals surface area contributed by atoms with E-state index in [2.05, 4.69) is 15.6 Å². The molecular formula is C20H20N4O4S2. The van der Waals surface area contributed by atoms with Gasteiger partial charge in [-0.1, -0.05) is 18.2 Å². The standard InChI is InChI=1S/C20H20N4O4S2/c1-27-17-7-4-8-18(28-2)15(17)9-10-21-19(29)23-20-22-16(12-30-20)13-5-3-6-14(11-13)24(25)26/h3-8,11-12H,9-10H2,1-2H3,(H2,21,22,23,29). The summed E-state index contributed by atoms with van der Waals surface area (Å²) in [4.78, 5) is 15.0. The van der Waals surface area contributed by atoms with Crippen LogP contribution in [0.25, 0.3) is 11.3 Å².